The molecule has 1 nitrogen and oxygen atoms in total. The van der Waals surface area contributed by atoms with Gasteiger partial charge in [-0.1, -0.05) is 27.2 Å². The smallest absolute Gasteiger partial charge is 0.00230 e. The van der Waals surface area contributed by atoms with Crippen molar-refractivity contribution in [3.05, 3.63) is 0 Å². The van der Waals surface area contributed by atoms with Gasteiger partial charge in [0.1, 0.15) is 0 Å². The molecule has 0 aromatic rings. The van der Waals surface area contributed by atoms with Crippen molar-refractivity contribution in [2.45, 2.75) is 65.7 Å². The molecule has 4 aliphatic carbocycles. The highest BCUT2D eigenvalue weighted by atomic mass is 14.7. The molecule has 0 amide bonds. The van der Waals surface area contributed by atoms with Gasteiger partial charge in [0.25, 0.3) is 0 Å². The average molecular weight is 249 g/mol. The summed E-state index contributed by atoms with van der Waals surface area (Å²) < 4.78 is 0. The minimum absolute atomic E-state index is 0.371. The van der Waals surface area contributed by atoms with E-state index in [1.807, 2.05) is 0 Å². The topological polar surface area (TPSA) is 26.0 Å². The Kier molecular flexibility index (Phi) is 3.05. The molecule has 0 saturated heterocycles. The molecular formula is C17H31N. The molecule has 4 fully saturated rings. The van der Waals surface area contributed by atoms with Crippen molar-refractivity contribution in [3.8, 4) is 0 Å². The molecule has 0 heterocycles. The van der Waals surface area contributed by atoms with Gasteiger partial charge < -0.3 is 5.73 Å². The van der Waals surface area contributed by atoms with Crippen molar-refractivity contribution >= 4 is 0 Å². The maximum absolute atomic E-state index is 6.08. The fourth-order valence-electron chi connectivity index (χ4n) is 6.44. The Bertz CT molecular complexity index is 304. The van der Waals surface area contributed by atoms with E-state index in [1.165, 1.54) is 38.5 Å². The third-order valence-electron chi connectivity index (χ3n) is 6.61. The third-order valence-corrected chi connectivity index (χ3v) is 6.61. The van der Waals surface area contributed by atoms with Crippen LogP contribution in [-0.2, 0) is 0 Å². The van der Waals surface area contributed by atoms with Gasteiger partial charge in [-0.3, -0.25) is 0 Å². The van der Waals surface area contributed by atoms with Crippen LogP contribution in [0.25, 0.3) is 0 Å². The largest absolute Gasteiger partial charge is 0.330 e. The summed E-state index contributed by atoms with van der Waals surface area (Å²) in [5, 5.41) is 0. The molecule has 4 aliphatic rings. The lowest BCUT2D eigenvalue weighted by Gasteiger charge is -2.63. The van der Waals surface area contributed by atoms with Crippen LogP contribution in [0.5, 0.6) is 0 Å². The van der Waals surface area contributed by atoms with Crippen LogP contribution < -0.4 is 5.73 Å². The summed E-state index contributed by atoms with van der Waals surface area (Å²) in [7, 11) is 0. The molecule has 0 spiro atoms. The van der Waals surface area contributed by atoms with Crippen molar-refractivity contribution in [1.82, 2.24) is 0 Å². The van der Waals surface area contributed by atoms with Crippen LogP contribution >= 0.6 is 0 Å². The number of rotatable bonds is 4. The van der Waals surface area contributed by atoms with Crippen molar-refractivity contribution in [1.29, 1.82) is 0 Å². The van der Waals surface area contributed by atoms with E-state index in [0.29, 0.717) is 5.41 Å². The lowest BCUT2D eigenvalue weighted by molar-refractivity contribution is -0.132. The van der Waals surface area contributed by atoms with Crippen LogP contribution in [-0.4, -0.2) is 6.54 Å². The Morgan fingerprint density at radius 1 is 1.11 bits per heavy atom. The molecule has 2 atom stereocenters. The van der Waals surface area contributed by atoms with Gasteiger partial charge in [0.05, 0.1) is 0 Å². The van der Waals surface area contributed by atoms with E-state index in [0.717, 1.165) is 35.6 Å². The summed E-state index contributed by atoms with van der Waals surface area (Å²) in [4.78, 5) is 0. The zero-order chi connectivity index (χ0) is 13.0. The molecule has 1 heteroatoms. The molecular weight excluding hydrogens is 218 g/mol. The van der Waals surface area contributed by atoms with Gasteiger partial charge in [0.15, 0.2) is 0 Å². The maximum atomic E-state index is 6.08. The minimum Gasteiger partial charge on any atom is -0.330 e. The third kappa shape index (κ3) is 1.85. The van der Waals surface area contributed by atoms with E-state index in [1.54, 1.807) is 6.42 Å². The summed E-state index contributed by atoms with van der Waals surface area (Å²) in [6.45, 7) is 8.09. The number of hydrogen-bond acceptors (Lipinski definition) is 1. The van der Waals surface area contributed by atoms with Crippen molar-refractivity contribution < 1.29 is 0 Å². The first-order valence-corrected chi connectivity index (χ1v) is 8.20. The van der Waals surface area contributed by atoms with Gasteiger partial charge in [-0.05, 0) is 79.6 Å². The quantitative estimate of drug-likeness (QED) is 0.793. The fourth-order valence-corrected chi connectivity index (χ4v) is 6.44. The molecule has 2 unspecified atom stereocenters. The van der Waals surface area contributed by atoms with Gasteiger partial charge >= 0.3 is 0 Å². The molecule has 104 valence electrons. The zero-order valence-corrected chi connectivity index (χ0v) is 12.5. The zero-order valence-electron chi connectivity index (χ0n) is 12.5. The van der Waals surface area contributed by atoms with E-state index in [-0.39, 0.29) is 0 Å². The molecule has 18 heavy (non-hydrogen) atoms. The van der Waals surface area contributed by atoms with E-state index in [4.69, 9.17) is 5.73 Å². The Morgan fingerprint density at radius 2 is 1.72 bits per heavy atom. The van der Waals surface area contributed by atoms with E-state index in [2.05, 4.69) is 20.8 Å². The molecule has 0 aromatic heterocycles. The van der Waals surface area contributed by atoms with Crippen molar-refractivity contribution in [2.75, 3.05) is 6.54 Å². The molecule has 0 radical (unpaired) electrons. The first-order valence-electron chi connectivity index (χ1n) is 8.20. The fraction of sp³-hybridized carbons (Fsp3) is 1.00. The van der Waals surface area contributed by atoms with Crippen LogP contribution in [0.1, 0.15) is 65.7 Å². The van der Waals surface area contributed by atoms with Gasteiger partial charge in [-0.25, -0.2) is 0 Å². The predicted octanol–water partition coefficient (Wildman–Crippen LogP) is 4.21. The maximum Gasteiger partial charge on any atom is -0.00230 e. The Labute approximate surface area is 113 Å². The summed E-state index contributed by atoms with van der Waals surface area (Å²) in [6.07, 6.45) is 10.5. The second-order valence-corrected chi connectivity index (χ2v) is 8.44. The molecule has 0 aromatic carbocycles. The lowest BCUT2D eigenvalue weighted by Crippen LogP contribution is -2.55. The molecule has 4 rings (SSSR count). The van der Waals surface area contributed by atoms with Crippen LogP contribution in [0.2, 0.25) is 0 Å². The Morgan fingerprint density at radius 3 is 2.22 bits per heavy atom. The monoisotopic (exact) mass is 249 g/mol. The molecule has 0 aliphatic heterocycles. The van der Waals surface area contributed by atoms with Crippen molar-refractivity contribution in [3.63, 3.8) is 0 Å². The standard InChI is InChI=1S/C17H31N/c1-4-5-17-8-12-6-13(9-17)15(14(7-12)10-17)16(2,3)11-18/h12-15H,4-11,18H2,1-3H3. The lowest BCUT2D eigenvalue weighted by atomic mass is 9.42. The van der Waals surface area contributed by atoms with Gasteiger partial charge in [0.2, 0.25) is 0 Å². The highest BCUT2D eigenvalue weighted by molar-refractivity contribution is 5.07. The van der Waals surface area contributed by atoms with Crippen molar-refractivity contribution in [2.24, 2.45) is 40.2 Å². The second kappa shape index (κ2) is 4.23. The summed E-state index contributed by atoms with van der Waals surface area (Å²) in [5.74, 6) is 3.99. The summed E-state index contributed by atoms with van der Waals surface area (Å²) >= 11 is 0. The number of hydrogen-bond donors (Lipinski definition) is 1. The normalized spacial score (nSPS) is 46.7. The van der Waals surface area contributed by atoms with Crippen LogP contribution in [0.4, 0.5) is 0 Å². The first-order chi connectivity index (χ1) is 8.50. The Hall–Kier alpha value is -0.0400. The molecule has 2 N–H and O–H groups in total. The first kappa shape index (κ1) is 13.0. The van der Waals surface area contributed by atoms with Crippen LogP contribution in [0.3, 0.4) is 0 Å². The summed E-state index contributed by atoms with van der Waals surface area (Å²) in [5.41, 5.74) is 7.21. The van der Waals surface area contributed by atoms with Crippen LogP contribution in [0, 0.1) is 34.5 Å². The second-order valence-electron chi connectivity index (χ2n) is 8.44. The number of nitrogens with two attached hydrogens (primary N) is 1. The molecule has 4 bridgehead atoms. The Balaban J connectivity index is 1.85. The summed E-state index contributed by atoms with van der Waals surface area (Å²) in [6, 6.07) is 0. The van der Waals surface area contributed by atoms with E-state index < -0.39 is 0 Å². The SMILES string of the molecule is CCCC12CC3CC(C1)C(C(C)(C)CN)C(C3)C2. The highest BCUT2D eigenvalue weighted by Gasteiger charge is 2.57. The molecule has 4 saturated carbocycles. The van der Waals surface area contributed by atoms with Gasteiger partial charge in [-0.2, -0.15) is 0 Å². The van der Waals surface area contributed by atoms with Gasteiger partial charge in [0, 0.05) is 0 Å². The predicted molar refractivity (Wildman–Crippen MR) is 77.2 cm³/mol. The van der Waals surface area contributed by atoms with Crippen LogP contribution in [0.15, 0.2) is 0 Å². The van der Waals surface area contributed by atoms with E-state index >= 15 is 0 Å². The van der Waals surface area contributed by atoms with E-state index in [9.17, 15) is 0 Å². The highest BCUT2D eigenvalue weighted by Crippen LogP contribution is 2.66. The average Bonchev–Trinajstić information content (AvgIpc) is 2.26. The minimum atomic E-state index is 0.371. The van der Waals surface area contributed by atoms with Gasteiger partial charge in [-0.15, -0.1) is 0 Å².